The first-order valence-corrected chi connectivity index (χ1v) is 31.3. The van der Waals surface area contributed by atoms with Crippen molar-refractivity contribution in [2.75, 3.05) is 13.2 Å². The van der Waals surface area contributed by atoms with Crippen molar-refractivity contribution >= 4 is 17.9 Å². The fraction of sp³-hybridized carbons (Fsp3) is 0.891. The van der Waals surface area contributed by atoms with Crippen molar-refractivity contribution in [1.29, 1.82) is 0 Å². The molecule has 0 bridgehead atoms. The molecule has 0 aliphatic rings. The van der Waals surface area contributed by atoms with Crippen LogP contribution in [0.2, 0.25) is 0 Å². The van der Waals surface area contributed by atoms with Gasteiger partial charge in [0.1, 0.15) is 13.2 Å². The molecule has 0 radical (unpaired) electrons. The van der Waals surface area contributed by atoms with E-state index in [-0.39, 0.29) is 31.1 Å². The molecule has 1 unspecified atom stereocenters. The number of hydrogen-bond donors (Lipinski definition) is 0. The fourth-order valence-electron chi connectivity index (χ4n) is 9.48. The third kappa shape index (κ3) is 56.8. The monoisotopic (exact) mass is 985 g/mol. The summed E-state index contributed by atoms with van der Waals surface area (Å²) in [5, 5.41) is 0. The molecule has 6 heteroatoms. The van der Waals surface area contributed by atoms with Gasteiger partial charge in [0.2, 0.25) is 0 Å². The van der Waals surface area contributed by atoms with Crippen molar-refractivity contribution in [1.82, 2.24) is 0 Å². The van der Waals surface area contributed by atoms with Crippen molar-refractivity contribution in [3.63, 3.8) is 0 Å². The lowest BCUT2D eigenvalue weighted by molar-refractivity contribution is -0.167. The Kier molecular flexibility index (Phi) is 57.7. The largest absolute Gasteiger partial charge is 0.462 e. The van der Waals surface area contributed by atoms with Gasteiger partial charge in [-0.3, -0.25) is 14.4 Å². The van der Waals surface area contributed by atoms with Gasteiger partial charge in [0, 0.05) is 19.3 Å². The topological polar surface area (TPSA) is 78.9 Å². The lowest BCUT2D eigenvalue weighted by Gasteiger charge is -2.18. The lowest BCUT2D eigenvalue weighted by atomic mass is 10.0. The number of unbranched alkanes of at least 4 members (excludes halogenated alkanes) is 43. The summed E-state index contributed by atoms with van der Waals surface area (Å²) < 4.78 is 16.9. The van der Waals surface area contributed by atoms with Crippen LogP contribution in [0.1, 0.15) is 348 Å². The van der Waals surface area contributed by atoms with Crippen LogP contribution in [-0.4, -0.2) is 37.2 Å². The van der Waals surface area contributed by atoms with Crippen LogP contribution in [0.5, 0.6) is 0 Å². The molecule has 0 heterocycles. The van der Waals surface area contributed by atoms with Gasteiger partial charge in [0.25, 0.3) is 0 Å². The quantitative estimate of drug-likeness (QED) is 0.0261. The van der Waals surface area contributed by atoms with Gasteiger partial charge in [-0.25, -0.2) is 0 Å². The Morgan fingerprint density at radius 2 is 0.514 bits per heavy atom. The van der Waals surface area contributed by atoms with Crippen molar-refractivity contribution in [3.05, 3.63) is 24.3 Å². The van der Waals surface area contributed by atoms with Gasteiger partial charge in [-0.15, -0.1) is 0 Å². The molecule has 0 aromatic rings. The number of esters is 3. The van der Waals surface area contributed by atoms with E-state index in [0.717, 1.165) is 64.2 Å². The molecule has 0 rings (SSSR count). The zero-order chi connectivity index (χ0) is 50.7. The predicted molar refractivity (Wildman–Crippen MR) is 303 cm³/mol. The summed E-state index contributed by atoms with van der Waals surface area (Å²) in [4.78, 5) is 38.1. The third-order valence-corrected chi connectivity index (χ3v) is 14.2. The van der Waals surface area contributed by atoms with E-state index in [1.807, 2.05) is 0 Å². The van der Waals surface area contributed by atoms with Crippen LogP contribution in [0.4, 0.5) is 0 Å². The summed E-state index contributed by atoms with van der Waals surface area (Å²) in [5.74, 6) is -0.854. The minimum Gasteiger partial charge on any atom is -0.462 e. The summed E-state index contributed by atoms with van der Waals surface area (Å²) >= 11 is 0. The van der Waals surface area contributed by atoms with Crippen molar-refractivity contribution in [2.45, 2.75) is 354 Å². The van der Waals surface area contributed by atoms with Crippen LogP contribution in [0, 0.1) is 0 Å². The number of carbonyl (C=O) groups excluding carboxylic acids is 3. The van der Waals surface area contributed by atoms with E-state index >= 15 is 0 Å². The fourth-order valence-corrected chi connectivity index (χ4v) is 9.48. The van der Waals surface area contributed by atoms with Crippen LogP contribution in [-0.2, 0) is 28.6 Å². The van der Waals surface area contributed by atoms with Gasteiger partial charge in [0.05, 0.1) is 0 Å². The van der Waals surface area contributed by atoms with Gasteiger partial charge in [-0.2, -0.15) is 0 Å². The zero-order valence-electron chi connectivity index (χ0n) is 47.3. The average molecular weight is 986 g/mol. The average Bonchev–Trinajstić information content (AvgIpc) is 3.36. The molecule has 0 aromatic heterocycles. The molecule has 0 fully saturated rings. The highest BCUT2D eigenvalue weighted by molar-refractivity contribution is 5.71. The highest BCUT2D eigenvalue weighted by atomic mass is 16.6. The molecule has 0 amide bonds. The maximum absolute atomic E-state index is 12.8. The summed E-state index contributed by atoms with van der Waals surface area (Å²) in [6.45, 7) is 6.64. The Labute approximate surface area is 436 Å². The Hall–Kier alpha value is -2.11. The van der Waals surface area contributed by atoms with Crippen LogP contribution < -0.4 is 0 Å². The molecule has 412 valence electrons. The smallest absolute Gasteiger partial charge is 0.306 e. The molecule has 0 N–H and O–H groups in total. The molecule has 0 saturated carbocycles. The molecule has 0 aromatic carbocycles. The summed E-state index contributed by atoms with van der Waals surface area (Å²) in [5.41, 5.74) is 0. The molecule has 0 aliphatic heterocycles. The first-order chi connectivity index (χ1) is 34.5. The lowest BCUT2D eigenvalue weighted by Crippen LogP contribution is -2.30. The minimum absolute atomic E-state index is 0.0676. The number of ether oxygens (including phenoxy) is 3. The SMILES string of the molecule is CCCCC/C=C\C/C=C\CCCCCCCCCCCC(=O)OC(COC(=O)CCCCCCCCCC)COC(=O)CCCCCCCCCCCCCCCCCCCCCCCCCCC. The minimum atomic E-state index is -0.768. The Morgan fingerprint density at radius 1 is 0.286 bits per heavy atom. The third-order valence-electron chi connectivity index (χ3n) is 14.2. The van der Waals surface area contributed by atoms with E-state index in [2.05, 4.69) is 45.1 Å². The van der Waals surface area contributed by atoms with E-state index in [4.69, 9.17) is 14.2 Å². The van der Waals surface area contributed by atoms with Gasteiger partial charge in [0.15, 0.2) is 6.10 Å². The molecule has 6 nitrogen and oxygen atoms in total. The molecule has 0 spiro atoms. The maximum Gasteiger partial charge on any atom is 0.306 e. The number of carbonyl (C=O) groups is 3. The van der Waals surface area contributed by atoms with Crippen LogP contribution in [0.25, 0.3) is 0 Å². The molecular formula is C64H120O6. The van der Waals surface area contributed by atoms with Crippen LogP contribution >= 0.6 is 0 Å². The van der Waals surface area contributed by atoms with Gasteiger partial charge >= 0.3 is 17.9 Å². The Morgan fingerprint density at radius 3 is 0.814 bits per heavy atom. The first kappa shape index (κ1) is 67.9. The van der Waals surface area contributed by atoms with E-state index in [9.17, 15) is 14.4 Å². The van der Waals surface area contributed by atoms with Gasteiger partial charge in [-0.1, -0.05) is 302 Å². The standard InChI is InChI=1S/C64H120O6/c1-4-7-10-13-16-19-21-23-25-27-29-30-31-32-33-34-36-37-39-41-43-45-48-51-54-57-63(66)69-60-61(59-68-62(65)56-53-50-47-18-15-12-9-6-3)70-64(67)58-55-52-49-46-44-42-40-38-35-28-26-24-22-20-17-14-11-8-5-2/h17,20,24,26,61H,4-16,18-19,21-23,25,27-60H2,1-3H3/b20-17-,26-24-. The van der Waals surface area contributed by atoms with Crippen molar-refractivity contribution < 1.29 is 28.6 Å². The van der Waals surface area contributed by atoms with Gasteiger partial charge in [-0.05, 0) is 51.4 Å². The molecule has 1 atom stereocenters. The van der Waals surface area contributed by atoms with E-state index < -0.39 is 6.10 Å². The second kappa shape index (κ2) is 59.5. The zero-order valence-corrected chi connectivity index (χ0v) is 47.3. The highest BCUT2D eigenvalue weighted by Crippen LogP contribution is 2.18. The maximum atomic E-state index is 12.8. The second-order valence-corrected chi connectivity index (χ2v) is 21.3. The number of hydrogen-bond acceptors (Lipinski definition) is 6. The Balaban J connectivity index is 4.11. The number of allylic oxidation sites excluding steroid dienone is 4. The molecular weight excluding hydrogens is 865 g/mol. The van der Waals surface area contributed by atoms with Crippen molar-refractivity contribution in [3.8, 4) is 0 Å². The first-order valence-electron chi connectivity index (χ1n) is 31.3. The van der Waals surface area contributed by atoms with E-state index in [1.165, 1.54) is 244 Å². The Bertz CT molecular complexity index is 1130. The van der Waals surface area contributed by atoms with Crippen molar-refractivity contribution in [2.24, 2.45) is 0 Å². The highest BCUT2D eigenvalue weighted by Gasteiger charge is 2.19. The van der Waals surface area contributed by atoms with Crippen LogP contribution in [0.3, 0.4) is 0 Å². The molecule has 0 saturated heterocycles. The van der Waals surface area contributed by atoms with E-state index in [1.54, 1.807) is 0 Å². The van der Waals surface area contributed by atoms with Crippen LogP contribution in [0.15, 0.2) is 24.3 Å². The second-order valence-electron chi connectivity index (χ2n) is 21.3. The molecule has 0 aliphatic carbocycles. The normalized spacial score (nSPS) is 12.1. The molecule has 70 heavy (non-hydrogen) atoms. The summed E-state index contributed by atoms with van der Waals surface area (Å²) in [6, 6.07) is 0. The summed E-state index contributed by atoms with van der Waals surface area (Å²) in [7, 11) is 0. The summed E-state index contributed by atoms with van der Waals surface area (Å²) in [6.07, 6.45) is 70.6. The van der Waals surface area contributed by atoms with E-state index in [0.29, 0.717) is 19.3 Å². The van der Waals surface area contributed by atoms with Gasteiger partial charge < -0.3 is 14.2 Å². The predicted octanol–water partition coefficient (Wildman–Crippen LogP) is 21.1. The number of rotatable bonds is 58.